The van der Waals surface area contributed by atoms with Crippen LogP contribution in [0.2, 0.25) is 0 Å². The zero-order valence-electron chi connectivity index (χ0n) is 11.6. The summed E-state index contributed by atoms with van der Waals surface area (Å²) in [7, 11) is 1.59. The number of benzene rings is 1. The number of aromatic amines is 1. The van der Waals surface area contributed by atoms with Gasteiger partial charge in [-0.15, -0.1) is 0 Å². The molecule has 0 aliphatic rings. The third-order valence-corrected chi connectivity index (χ3v) is 3.08. The Hall–Kier alpha value is -2.89. The minimum absolute atomic E-state index is 0.577. The Labute approximate surface area is 122 Å². The van der Waals surface area contributed by atoms with Crippen LogP contribution in [0.15, 0.2) is 48.9 Å². The first-order chi connectivity index (χ1) is 10.3. The lowest BCUT2D eigenvalue weighted by atomic mass is 10.1. The van der Waals surface area contributed by atoms with Crippen LogP contribution in [-0.2, 0) is 6.54 Å². The number of hydrogen-bond acceptors (Lipinski definition) is 5. The maximum Gasteiger partial charge on any atom is 0.223 e. The Bertz CT molecular complexity index is 677. The molecular weight excluding hydrogens is 266 g/mol. The number of methoxy groups -OCH3 is 1. The van der Waals surface area contributed by atoms with E-state index in [0.29, 0.717) is 18.2 Å². The highest BCUT2D eigenvalue weighted by Crippen LogP contribution is 2.17. The van der Waals surface area contributed by atoms with Crippen molar-refractivity contribution in [2.45, 2.75) is 6.54 Å². The molecule has 0 spiro atoms. The van der Waals surface area contributed by atoms with Crippen molar-refractivity contribution in [1.29, 1.82) is 0 Å². The summed E-state index contributed by atoms with van der Waals surface area (Å²) >= 11 is 0. The van der Waals surface area contributed by atoms with Gasteiger partial charge in [-0.3, -0.25) is 5.10 Å². The average molecular weight is 281 g/mol. The lowest BCUT2D eigenvalue weighted by Gasteiger charge is -2.06. The number of H-pyrrole nitrogens is 1. The summed E-state index contributed by atoms with van der Waals surface area (Å²) in [6.45, 7) is 0.662. The van der Waals surface area contributed by atoms with Gasteiger partial charge in [0.25, 0.3) is 0 Å². The lowest BCUT2D eigenvalue weighted by Crippen LogP contribution is -2.03. The standard InChI is InChI=1S/C15H15N5O/c1-21-13-9-17-15(18-10-13)16-8-11-2-4-12(5-3-11)14-6-7-19-20-14/h2-7,9-10H,8H2,1H3,(H,19,20)(H,16,17,18). The molecule has 0 saturated heterocycles. The molecule has 0 aliphatic carbocycles. The number of aromatic nitrogens is 4. The number of nitrogens with one attached hydrogen (secondary N) is 2. The van der Waals surface area contributed by atoms with Gasteiger partial charge in [0.15, 0.2) is 5.75 Å². The van der Waals surface area contributed by atoms with E-state index in [9.17, 15) is 0 Å². The molecule has 2 heterocycles. The fraction of sp³-hybridized carbons (Fsp3) is 0.133. The normalized spacial score (nSPS) is 10.3. The molecule has 0 unspecified atom stereocenters. The van der Waals surface area contributed by atoms with Crippen LogP contribution in [0.4, 0.5) is 5.95 Å². The summed E-state index contributed by atoms with van der Waals surface area (Å²) in [5, 5.41) is 10.1. The molecule has 0 saturated carbocycles. The van der Waals surface area contributed by atoms with Crippen LogP contribution in [0.3, 0.4) is 0 Å². The smallest absolute Gasteiger partial charge is 0.223 e. The van der Waals surface area contributed by atoms with E-state index < -0.39 is 0 Å². The number of ether oxygens (including phenoxy) is 1. The minimum Gasteiger partial charge on any atom is -0.494 e. The average Bonchev–Trinajstić information content (AvgIpc) is 3.08. The van der Waals surface area contributed by atoms with E-state index in [1.54, 1.807) is 25.7 Å². The molecule has 106 valence electrons. The highest BCUT2D eigenvalue weighted by molar-refractivity contribution is 5.58. The van der Waals surface area contributed by atoms with E-state index in [-0.39, 0.29) is 0 Å². The van der Waals surface area contributed by atoms with Crippen molar-refractivity contribution >= 4 is 5.95 Å². The maximum atomic E-state index is 5.02. The van der Waals surface area contributed by atoms with E-state index in [1.165, 1.54) is 0 Å². The van der Waals surface area contributed by atoms with Gasteiger partial charge in [-0.2, -0.15) is 5.10 Å². The predicted molar refractivity (Wildman–Crippen MR) is 79.9 cm³/mol. The highest BCUT2D eigenvalue weighted by atomic mass is 16.5. The maximum absolute atomic E-state index is 5.02. The van der Waals surface area contributed by atoms with E-state index >= 15 is 0 Å². The van der Waals surface area contributed by atoms with Crippen LogP contribution in [-0.4, -0.2) is 27.3 Å². The van der Waals surface area contributed by atoms with Crippen molar-refractivity contribution < 1.29 is 4.74 Å². The number of hydrogen-bond donors (Lipinski definition) is 2. The monoisotopic (exact) mass is 281 g/mol. The third kappa shape index (κ3) is 3.17. The molecule has 0 amide bonds. The van der Waals surface area contributed by atoms with Gasteiger partial charge in [0.2, 0.25) is 5.95 Å². The molecule has 0 atom stereocenters. The minimum atomic E-state index is 0.577. The van der Waals surface area contributed by atoms with Crippen LogP contribution in [0.25, 0.3) is 11.3 Å². The van der Waals surface area contributed by atoms with Crippen LogP contribution in [0.5, 0.6) is 5.75 Å². The van der Waals surface area contributed by atoms with Gasteiger partial charge in [-0.05, 0) is 17.2 Å². The Morgan fingerprint density at radius 1 is 1.10 bits per heavy atom. The second-order valence-electron chi connectivity index (χ2n) is 4.47. The van der Waals surface area contributed by atoms with Gasteiger partial charge in [0, 0.05) is 12.7 Å². The summed E-state index contributed by atoms with van der Waals surface area (Å²) in [6.07, 6.45) is 5.01. The van der Waals surface area contributed by atoms with Gasteiger partial charge in [0.1, 0.15) is 0 Å². The van der Waals surface area contributed by atoms with Crippen molar-refractivity contribution in [3.63, 3.8) is 0 Å². The highest BCUT2D eigenvalue weighted by Gasteiger charge is 2.00. The zero-order chi connectivity index (χ0) is 14.5. The Kier molecular flexibility index (Phi) is 3.77. The van der Waals surface area contributed by atoms with Crippen molar-refractivity contribution in [2.75, 3.05) is 12.4 Å². The first-order valence-corrected chi connectivity index (χ1v) is 6.54. The van der Waals surface area contributed by atoms with Gasteiger partial charge in [0.05, 0.1) is 25.2 Å². The lowest BCUT2D eigenvalue weighted by molar-refractivity contribution is 0.411. The van der Waals surface area contributed by atoms with Crippen molar-refractivity contribution in [3.8, 4) is 17.0 Å². The topological polar surface area (TPSA) is 75.7 Å². The summed E-state index contributed by atoms with van der Waals surface area (Å²) < 4.78 is 5.02. The van der Waals surface area contributed by atoms with Crippen molar-refractivity contribution in [1.82, 2.24) is 20.2 Å². The second kappa shape index (κ2) is 6.04. The molecule has 2 N–H and O–H groups in total. The molecule has 0 bridgehead atoms. The Morgan fingerprint density at radius 2 is 1.86 bits per heavy atom. The van der Waals surface area contributed by atoms with Crippen molar-refractivity contribution in [2.24, 2.45) is 0 Å². The van der Waals surface area contributed by atoms with E-state index in [4.69, 9.17) is 4.74 Å². The van der Waals surface area contributed by atoms with Gasteiger partial charge in [-0.25, -0.2) is 9.97 Å². The van der Waals surface area contributed by atoms with Crippen LogP contribution >= 0.6 is 0 Å². The molecule has 2 aromatic heterocycles. The SMILES string of the molecule is COc1cnc(NCc2ccc(-c3ccn[nH]3)cc2)nc1. The van der Waals surface area contributed by atoms with Gasteiger partial charge in [-0.1, -0.05) is 24.3 Å². The largest absolute Gasteiger partial charge is 0.494 e. The molecular formula is C15H15N5O. The first-order valence-electron chi connectivity index (χ1n) is 6.54. The summed E-state index contributed by atoms with van der Waals surface area (Å²) in [4.78, 5) is 8.32. The third-order valence-electron chi connectivity index (χ3n) is 3.08. The van der Waals surface area contributed by atoms with E-state index in [1.807, 2.05) is 6.07 Å². The van der Waals surface area contributed by atoms with Crippen LogP contribution in [0.1, 0.15) is 5.56 Å². The summed E-state index contributed by atoms with van der Waals surface area (Å²) in [5.74, 6) is 1.22. The van der Waals surface area contributed by atoms with Crippen molar-refractivity contribution in [3.05, 3.63) is 54.5 Å². The fourth-order valence-corrected chi connectivity index (χ4v) is 1.91. The molecule has 6 nitrogen and oxygen atoms in total. The molecule has 3 aromatic rings. The Balaban J connectivity index is 1.62. The molecule has 3 rings (SSSR count). The van der Waals surface area contributed by atoms with Crippen LogP contribution < -0.4 is 10.1 Å². The molecule has 1 aromatic carbocycles. The van der Waals surface area contributed by atoms with Crippen LogP contribution in [0, 0.1) is 0 Å². The molecule has 0 radical (unpaired) electrons. The van der Waals surface area contributed by atoms with E-state index in [0.717, 1.165) is 16.8 Å². The first kappa shape index (κ1) is 13.1. The number of anilines is 1. The summed E-state index contributed by atoms with van der Waals surface area (Å²) in [6, 6.07) is 10.2. The van der Waals surface area contributed by atoms with Gasteiger partial charge < -0.3 is 10.1 Å². The van der Waals surface area contributed by atoms with E-state index in [2.05, 4.69) is 49.7 Å². The number of rotatable bonds is 5. The predicted octanol–water partition coefficient (Wildman–Crippen LogP) is 2.49. The van der Waals surface area contributed by atoms with Gasteiger partial charge >= 0.3 is 0 Å². The molecule has 0 fully saturated rings. The summed E-state index contributed by atoms with van der Waals surface area (Å²) in [5.41, 5.74) is 3.27. The molecule has 21 heavy (non-hydrogen) atoms. The molecule has 6 heteroatoms. The number of nitrogens with zero attached hydrogens (tertiary/aromatic N) is 3. The molecule has 0 aliphatic heterocycles. The second-order valence-corrected chi connectivity index (χ2v) is 4.47. The zero-order valence-corrected chi connectivity index (χ0v) is 11.6. The quantitative estimate of drug-likeness (QED) is 0.751. The Morgan fingerprint density at radius 3 is 2.48 bits per heavy atom. The fourth-order valence-electron chi connectivity index (χ4n) is 1.91.